The Labute approximate surface area is 181 Å². The van der Waals surface area contributed by atoms with Gasteiger partial charge in [-0.15, -0.1) is 0 Å². The number of aromatic nitrogens is 2. The largest absolute Gasteiger partial charge is 0.295 e. The maximum Gasteiger partial charge on any atom is 0.273 e. The van der Waals surface area contributed by atoms with Crippen LogP contribution in [0, 0.1) is 10.1 Å². The maximum absolute atomic E-state index is 11.4. The van der Waals surface area contributed by atoms with Gasteiger partial charge < -0.3 is 0 Å². The third-order valence-electron chi connectivity index (χ3n) is 4.50. The van der Waals surface area contributed by atoms with Gasteiger partial charge in [-0.1, -0.05) is 30.3 Å². The summed E-state index contributed by atoms with van der Waals surface area (Å²) < 4.78 is 0. The summed E-state index contributed by atoms with van der Waals surface area (Å²) >= 11 is 0. The zero-order valence-corrected chi connectivity index (χ0v) is 17.1. The molecule has 0 saturated carbocycles. The molecule has 158 valence electrons. The van der Waals surface area contributed by atoms with E-state index in [0.29, 0.717) is 38.3 Å². The van der Waals surface area contributed by atoms with Crippen molar-refractivity contribution in [3.63, 3.8) is 0 Å². The van der Waals surface area contributed by atoms with Gasteiger partial charge in [0.05, 0.1) is 29.4 Å². The molecule has 0 aliphatic heterocycles. The van der Waals surface area contributed by atoms with Crippen molar-refractivity contribution in [2.45, 2.75) is 6.54 Å². The molecule has 1 aromatic carbocycles. The average Bonchev–Trinajstić information content (AvgIpc) is 2.81. The quantitative estimate of drug-likeness (QED) is 0.271. The van der Waals surface area contributed by atoms with E-state index < -0.39 is 0 Å². The number of nitro benzene ring substituents is 1. The first-order chi connectivity index (χ1) is 15.2. The summed E-state index contributed by atoms with van der Waals surface area (Å²) in [6.07, 6.45) is 6.92. The minimum absolute atomic E-state index is 0.126. The van der Waals surface area contributed by atoms with Crippen molar-refractivity contribution in [3.05, 3.63) is 100 Å². The van der Waals surface area contributed by atoms with Gasteiger partial charge in [-0.3, -0.25) is 35.0 Å². The molecule has 8 nitrogen and oxygen atoms in total. The SMILES string of the molecule is O=[N+]([O-])c1ccccc1CN(CCN=Cc1ccccn1)CCN=Cc1ccccn1. The van der Waals surface area contributed by atoms with Crippen LogP contribution < -0.4 is 0 Å². The Morgan fingerprint density at radius 3 is 1.90 bits per heavy atom. The number of rotatable bonds is 11. The van der Waals surface area contributed by atoms with Crippen LogP contribution >= 0.6 is 0 Å². The summed E-state index contributed by atoms with van der Waals surface area (Å²) in [7, 11) is 0. The van der Waals surface area contributed by atoms with Crippen LogP contribution in [0.1, 0.15) is 17.0 Å². The first kappa shape index (κ1) is 21.9. The van der Waals surface area contributed by atoms with Gasteiger partial charge in [0.2, 0.25) is 0 Å². The molecule has 2 aromatic heterocycles. The van der Waals surface area contributed by atoms with Gasteiger partial charge >= 0.3 is 0 Å². The van der Waals surface area contributed by atoms with E-state index in [2.05, 4.69) is 24.9 Å². The molecule has 8 heteroatoms. The van der Waals surface area contributed by atoms with Crippen LogP contribution in [0.25, 0.3) is 0 Å². The minimum Gasteiger partial charge on any atom is -0.295 e. The van der Waals surface area contributed by atoms with Gasteiger partial charge in [0.15, 0.2) is 0 Å². The molecule has 2 heterocycles. The number of nitrogens with zero attached hydrogens (tertiary/aromatic N) is 6. The molecule has 0 unspecified atom stereocenters. The van der Waals surface area contributed by atoms with E-state index in [4.69, 9.17) is 0 Å². The average molecular weight is 416 g/mol. The monoisotopic (exact) mass is 416 g/mol. The molecule has 0 bridgehead atoms. The van der Waals surface area contributed by atoms with E-state index in [1.807, 2.05) is 42.5 Å². The second-order valence-electron chi connectivity index (χ2n) is 6.74. The lowest BCUT2D eigenvalue weighted by atomic mass is 10.1. The van der Waals surface area contributed by atoms with Gasteiger partial charge in [-0.25, -0.2) is 0 Å². The molecule has 0 saturated heterocycles. The summed E-state index contributed by atoms with van der Waals surface area (Å²) in [6, 6.07) is 18.1. The summed E-state index contributed by atoms with van der Waals surface area (Å²) in [5.74, 6) is 0. The van der Waals surface area contributed by atoms with E-state index in [9.17, 15) is 10.1 Å². The van der Waals surface area contributed by atoms with E-state index >= 15 is 0 Å². The van der Waals surface area contributed by atoms with E-state index in [-0.39, 0.29) is 10.6 Å². The van der Waals surface area contributed by atoms with Crippen molar-refractivity contribution in [1.29, 1.82) is 0 Å². The zero-order valence-electron chi connectivity index (χ0n) is 17.1. The Kier molecular flexibility index (Phi) is 8.51. The molecule has 3 aromatic rings. The van der Waals surface area contributed by atoms with Crippen LogP contribution in [-0.4, -0.2) is 58.4 Å². The van der Waals surface area contributed by atoms with Crippen LogP contribution in [0.3, 0.4) is 0 Å². The predicted octanol–water partition coefficient (Wildman–Crippen LogP) is 3.43. The highest BCUT2D eigenvalue weighted by atomic mass is 16.6. The smallest absolute Gasteiger partial charge is 0.273 e. The van der Waals surface area contributed by atoms with E-state index in [1.165, 1.54) is 6.07 Å². The van der Waals surface area contributed by atoms with Gasteiger partial charge in [0.1, 0.15) is 0 Å². The zero-order chi connectivity index (χ0) is 21.7. The number of hydrogen-bond acceptors (Lipinski definition) is 7. The van der Waals surface area contributed by atoms with Crippen molar-refractivity contribution >= 4 is 18.1 Å². The number of hydrogen-bond donors (Lipinski definition) is 0. The normalized spacial score (nSPS) is 11.5. The summed E-state index contributed by atoms with van der Waals surface area (Å²) in [5.41, 5.74) is 2.40. The number of nitro groups is 1. The number of para-hydroxylation sites is 1. The molecule has 0 spiro atoms. The van der Waals surface area contributed by atoms with Crippen LogP contribution in [-0.2, 0) is 6.54 Å². The van der Waals surface area contributed by atoms with Gasteiger partial charge in [-0.2, -0.15) is 0 Å². The third kappa shape index (κ3) is 7.52. The highest BCUT2D eigenvalue weighted by molar-refractivity contribution is 5.77. The van der Waals surface area contributed by atoms with E-state index in [1.54, 1.807) is 37.0 Å². The summed E-state index contributed by atoms with van der Waals surface area (Å²) in [5, 5.41) is 11.4. The highest BCUT2D eigenvalue weighted by Gasteiger charge is 2.15. The second kappa shape index (κ2) is 12.0. The molecule has 0 aliphatic carbocycles. The van der Waals surface area contributed by atoms with Crippen molar-refractivity contribution in [2.24, 2.45) is 9.98 Å². The molecule has 0 fully saturated rings. The van der Waals surface area contributed by atoms with E-state index in [0.717, 1.165) is 11.4 Å². The Bertz CT molecular complexity index is 955. The number of aliphatic imine (C=N–C) groups is 2. The first-order valence-electron chi connectivity index (χ1n) is 9.99. The summed E-state index contributed by atoms with van der Waals surface area (Å²) in [4.78, 5) is 30.5. The molecule has 31 heavy (non-hydrogen) atoms. The molecule has 0 radical (unpaired) electrons. The number of pyridine rings is 2. The minimum atomic E-state index is -0.341. The Hall–Kier alpha value is -3.78. The van der Waals surface area contributed by atoms with Crippen molar-refractivity contribution in [2.75, 3.05) is 26.2 Å². The van der Waals surface area contributed by atoms with Crippen LogP contribution in [0.4, 0.5) is 5.69 Å². The van der Waals surface area contributed by atoms with Crippen molar-refractivity contribution < 1.29 is 4.92 Å². The predicted molar refractivity (Wildman–Crippen MR) is 122 cm³/mol. The lowest BCUT2D eigenvalue weighted by molar-refractivity contribution is -0.385. The fourth-order valence-electron chi connectivity index (χ4n) is 2.95. The molecule has 0 atom stereocenters. The molecular formula is C23H24N6O2. The van der Waals surface area contributed by atoms with Crippen LogP contribution in [0.5, 0.6) is 0 Å². The van der Waals surface area contributed by atoms with Gasteiger partial charge in [0.25, 0.3) is 5.69 Å². The fraction of sp³-hybridized carbons (Fsp3) is 0.217. The third-order valence-corrected chi connectivity index (χ3v) is 4.50. The lowest BCUT2D eigenvalue weighted by Gasteiger charge is -2.20. The Balaban J connectivity index is 1.62. The topological polar surface area (TPSA) is 96.9 Å². The molecule has 3 rings (SSSR count). The fourth-order valence-corrected chi connectivity index (χ4v) is 2.95. The molecule has 0 aliphatic rings. The first-order valence-corrected chi connectivity index (χ1v) is 9.99. The molecule has 0 N–H and O–H groups in total. The second-order valence-corrected chi connectivity index (χ2v) is 6.74. The standard InChI is InChI=1S/C23H24N6O2/c30-29(31)23-10-2-1-7-20(23)19-28(15-13-24-17-21-8-3-5-11-26-21)16-14-25-18-22-9-4-6-12-27-22/h1-12,17-18H,13-16,19H2. The maximum atomic E-state index is 11.4. The number of benzene rings is 1. The molecular weight excluding hydrogens is 392 g/mol. The van der Waals surface area contributed by atoms with Gasteiger partial charge in [0, 0.05) is 56.1 Å². The van der Waals surface area contributed by atoms with Crippen LogP contribution in [0.2, 0.25) is 0 Å². The Morgan fingerprint density at radius 2 is 1.39 bits per heavy atom. The highest BCUT2D eigenvalue weighted by Crippen LogP contribution is 2.19. The molecule has 0 amide bonds. The van der Waals surface area contributed by atoms with Crippen LogP contribution in [0.15, 0.2) is 83.0 Å². The van der Waals surface area contributed by atoms with Crippen molar-refractivity contribution in [1.82, 2.24) is 14.9 Å². The van der Waals surface area contributed by atoms with Crippen molar-refractivity contribution in [3.8, 4) is 0 Å². The summed E-state index contributed by atoms with van der Waals surface area (Å²) in [6.45, 7) is 2.86. The Morgan fingerprint density at radius 1 is 0.839 bits per heavy atom. The lowest BCUT2D eigenvalue weighted by Crippen LogP contribution is -2.29. The van der Waals surface area contributed by atoms with Gasteiger partial charge in [-0.05, 0) is 24.3 Å².